The first-order valence-corrected chi connectivity index (χ1v) is 8.79. The fourth-order valence-electron chi connectivity index (χ4n) is 4.41. The molecule has 0 bridgehead atoms. The van der Waals surface area contributed by atoms with Gasteiger partial charge in [-0.3, -0.25) is 4.90 Å². The molecule has 1 spiro atoms. The van der Waals surface area contributed by atoms with E-state index in [0.717, 1.165) is 13.0 Å². The number of nitrogens with two attached hydrogens (primary N) is 1. The normalized spacial score (nSPS) is 24.0. The van der Waals surface area contributed by atoms with Crippen LogP contribution in [0.25, 0.3) is 0 Å². The van der Waals surface area contributed by atoms with Crippen LogP contribution in [0.5, 0.6) is 0 Å². The Balaban J connectivity index is 1.56. The molecule has 0 aromatic heterocycles. The number of likely N-dealkylation sites (tertiary alicyclic amines) is 1. The van der Waals surface area contributed by atoms with Crippen molar-refractivity contribution in [2.24, 2.45) is 11.1 Å². The van der Waals surface area contributed by atoms with Gasteiger partial charge in [0.2, 0.25) is 0 Å². The van der Waals surface area contributed by atoms with Crippen molar-refractivity contribution in [1.82, 2.24) is 4.90 Å². The van der Waals surface area contributed by atoms with Crippen molar-refractivity contribution in [3.63, 3.8) is 0 Å². The highest BCUT2D eigenvalue weighted by Gasteiger charge is 2.36. The van der Waals surface area contributed by atoms with Crippen LogP contribution < -0.4 is 5.73 Å². The second kappa shape index (κ2) is 6.93. The molecule has 2 aliphatic rings. The lowest BCUT2D eigenvalue weighted by Gasteiger charge is -2.46. The molecule has 116 valence electrons. The van der Waals surface area contributed by atoms with Crippen molar-refractivity contribution >= 4 is 0 Å². The summed E-state index contributed by atoms with van der Waals surface area (Å²) >= 11 is 0. The summed E-state index contributed by atoms with van der Waals surface area (Å²) in [7, 11) is 0. The van der Waals surface area contributed by atoms with Gasteiger partial charge in [0.15, 0.2) is 0 Å². The molecule has 1 saturated heterocycles. The highest BCUT2D eigenvalue weighted by Crippen LogP contribution is 2.44. The van der Waals surface area contributed by atoms with Crippen LogP contribution in [0.4, 0.5) is 0 Å². The van der Waals surface area contributed by atoms with Gasteiger partial charge in [0.25, 0.3) is 0 Å². The van der Waals surface area contributed by atoms with Crippen molar-refractivity contribution in [3.8, 4) is 0 Å². The van der Waals surface area contributed by atoms with E-state index in [1.807, 2.05) is 0 Å². The molecule has 0 amide bonds. The van der Waals surface area contributed by atoms with Crippen LogP contribution >= 0.6 is 0 Å². The number of hydrogen-bond acceptors (Lipinski definition) is 2. The molecule has 2 nitrogen and oxygen atoms in total. The van der Waals surface area contributed by atoms with Crippen LogP contribution in [0.15, 0.2) is 30.3 Å². The van der Waals surface area contributed by atoms with Gasteiger partial charge in [-0.05, 0) is 56.2 Å². The van der Waals surface area contributed by atoms with Crippen molar-refractivity contribution in [1.29, 1.82) is 0 Å². The minimum absolute atomic E-state index is 0.522. The summed E-state index contributed by atoms with van der Waals surface area (Å²) in [6.07, 6.45) is 11.3. The van der Waals surface area contributed by atoms with Gasteiger partial charge in [-0.2, -0.15) is 0 Å². The minimum Gasteiger partial charge on any atom is -0.329 e. The Morgan fingerprint density at radius 2 is 1.62 bits per heavy atom. The molecule has 0 radical (unpaired) electrons. The number of hydrogen-bond donors (Lipinski definition) is 1. The fourth-order valence-corrected chi connectivity index (χ4v) is 4.41. The van der Waals surface area contributed by atoms with Gasteiger partial charge in [-0.25, -0.2) is 0 Å². The van der Waals surface area contributed by atoms with E-state index in [1.54, 1.807) is 0 Å². The third-order valence-electron chi connectivity index (χ3n) is 5.88. The minimum atomic E-state index is 0.522. The maximum Gasteiger partial charge on any atom is 0.0258 e. The van der Waals surface area contributed by atoms with Crippen molar-refractivity contribution in [3.05, 3.63) is 35.9 Å². The zero-order valence-corrected chi connectivity index (χ0v) is 13.3. The van der Waals surface area contributed by atoms with Gasteiger partial charge in [0.05, 0.1) is 0 Å². The molecule has 21 heavy (non-hydrogen) atoms. The van der Waals surface area contributed by atoms with Crippen LogP contribution in [0, 0.1) is 5.41 Å². The van der Waals surface area contributed by atoms with E-state index in [1.165, 1.54) is 63.6 Å². The molecule has 1 aromatic rings. The maximum absolute atomic E-state index is 6.08. The maximum atomic E-state index is 6.08. The second-order valence-corrected chi connectivity index (χ2v) is 7.18. The summed E-state index contributed by atoms with van der Waals surface area (Å²) in [5.74, 6) is 0. The molecule has 3 rings (SSSR count). The Hall–Kier alpha value is -0.860. The zero-order chi connectivity index (χ0) is 14.5. The van der Waals surface area contributed by atoms with E-state index in [4.69, 9.17) is 5.73 Å². The third-order valence-corrected chi connectivity index (χ3v) is 5.88. The topological polar surface area (TPSA) is 29.3 Å². The molecule has 1 saturated carbocycles. The monoisotopic (exact) mass is 286 g/mol. The van der Waals surface area contributed by atoms with E-state index in [2.05, 4.69) is 35.2 Å². The highest BCUT2D eigenvalue weighted by molar-refractivity contribution is 5.16. The summed E-state index contributed by atoms with van der Waals surface area (Å²) in [6, 6.07) is 11.3. The molecule has 2 N–H and O–H groups in total. The summed E-state index contributed by atoms with van der Waals surface area (Å²) in [5, 5.41) is 0. The second-order valence-electron chi connectivity index (χ2n) is 7.18. The van der Waals surface area contributed by atoms with Crippen molar-refractivity contribution in [2.75, 3.05) is 19.6 Å². The molecule has 1 aliphatic carbocycles. The SMILES string of the molecule is NCC(Cc1ccccc1)N1CCC2(CCCCC2)CC1. The van der Waals surface area contributed by atoms with Gasteiger partial charge in [0.1, 0.15) is 0 Å². The van der Waals surface area contributed by atoms with E-state index >= 15 is 0 Å². The molecule has 1 heterocycles. The lowest BCUT2D eigenvalue weighted by Crippen LogP contribution is -2.49. The third kappa shape index (κ3) is 3.67. The Morgan fingerprint density at radius 1 is 0.952 bits per heavy atom. The zero-order valence-electron chi connectivity index (χ0n) is 13.3. The quantitative estimate of drug-likeness (QED) is 0.916. The van der Waals surface area contributed by atoms with Crippen LogP contribution in [0.3, 0.4) is 0 Å². The van der Waals surface area contributed by atoms with Gasteiger partial charge in [-0.15, -0.1) is 0 Å². The Bertz CT molecular complexity index is 412. The van der Waals surface area contributed by atoms with Gasteiger partial charge in [-0.1, -0.05) is 49.6 Å². The lowest BCUT2D eigenvalue weighted by atomic mass is 9.68. The molecule has 2 heteroatoms. The van der Waals surface area contributed by atoms with Gasteiger partial charge in [0, 0.05) is 12.6 Å². The van der Waals surface area contributed by atoms with Crippen LogP contribution in [-0.2, 0) is 6.42 Å². The fraction of sp³-hybridized carbons (Fsp3) is 0.684. The average molecular weight is 286 g/mol. The first-order valence-electron chi connectivity index (χ1n) is 8.79. The average Bonchev–Trinajstić information content (AvgIpc) is 2.55. The van der Waals surface area contributed by atoms with Crippen molar-refractivity contribution in [2.45, 2.75) is 57.4 Å². The van der Waals surface area contributed by atoms with Gasteiger partial charge >= 0.3 is 0 Å². The number of rotatable bonds is 4. The summed E-state index contributed by atoms with van der Waals surface area (Å²) in [4.78, 5) is 2.66. The molecule has 1 aromatic carbocycles. The van der Waals surface area contributed by atoms with E-state index < -0.39 is 0 Å². The number of nitrogens with zero attached hydrogens (tertiary/aromatic N) is 1. The summed E-state index contributed by atoms with van der Waals surface area (Å²) < 4.78 is 0. The van der Waals surface area contributed by atoms with E-state index in [9.17, 15) is 0 Å². The molecule has 1 aliphatic heterocycles. The number of piperidine rings is 1. The molecular formula is C19H30N2. The Labute approximate surface area is 129 Å². The van der Waals surface area contributed by atoms with E-state index in [-0.39, 0.29) is 0 Å². The first kappa shape index (κ1) is 15.1. The molecule has 1 unspecified atom stereocenters. The van der Waals surface area contributed by atoms with Crippen LogP contribution in [-0.4, -0.2) is 30.6 Å². The summed E-state index contributed by atoms with van der Waals surface area (Å²) in [5.41, 5.74) is 8.20. The predicted octanol–water partition coefficient (Wildman–Crippen LogP) is 3.60. The Kier molecular flexibility index (Phi) is 4.97. The molecule has 2 fully saturated rings. The Morgan fingerprint density at radius 3 is 2.24 bits per heavy atom. The highest BCUT2D eigenvalue weighted by atomic mass is 15.2. The number of benzene rings is 1. The van der Waals surface area contributed by atoms with Crippen LogP contribution in [0.2, 0.25) is 0 Å². The summed E-state index contributed by atoms with van der Waals surface area (Å²) in [6.45, 7) is 3.30. The first-order chi connectivity index (χ1) is 10.3. The van der Waals surface area contributed by atoms with Crippen LogP contribution in [0.1, 0.15) is 50.5 Å². The van der Waals surface area contributed by atoms with Gasteiger partial charge < -0.3 is 5.73 Å². The molecular weight excluding hydrogens is 256 g/mol. The smallest absolute Gasteiger partial charge is 0.0258 e. The van der Waals surface area contributed by atoms with Crippen molar-refractivity contribution < 1.29 is 0 Å². The largest absolute Gasteiger partial charge is 0.329 e. The predicted molar refractivity (Wildman–Crippen MR) is 89.3 cm³/mol. The lowest BCUT2D eigenvalue weighted by molar-refractivity contribution is 0.0468. The van der Waals surface area contributed by atoms with E-state index in [0.29, 0.717) is 11.5 Å². The standard InChI is InChI=1S/C19H30N2/c20-16-18(15-17-7-3-1-4-8-17)21-13-11-19(12-14-21)9-5-2-6-10-19/h1,3-4,7-8,18H,2,5-6,9-16,20H2. The molecule has 1 atom stereocenters.